The van der Waals surface area contributed by atoms with E-state index in [2.05, 4.69) is 15.9 Å². The largest absolute Gasteiger partial charge is 0.295 e. The van der Waals surface area contributed by atoms with Gasteiger partial charge in [-0.05, 0) is 28.9 Å². The highest BCUT2D eigenvalue weighted by molar-refractivity contribution is 9.10. The number of benzene rings is 1. The Balaban J connectivity index is 2.70. The molecule has 1 aromatic heterocycles. The Kier molecular flexibility index (Phi) is 2.22. The molecule has 1 heterocycles. The molecule has 1 nitrogen and oxygen atoms in total. The molecule has 0 aliphatic carbocycles. The third-order valence-electron chi connectivity index (χ3n) is 1.93. The molecule has 2 aromatic rings. The van der Waals surface area contributed by atoms with E-state index in [0.717, 1.165) is 14.7 Å². The first kappa shape index (κ1) is 8.91. The van der Waals surface area contributed by atoms with Gasteiger partial charge >= 0.3 is 0 Å². The number of fused-ring (bicyclic) bond motifs is 1. The fourth-order valence-corrected chi connectivity index (χ4v) is 2.83. The van der Waals surface area contributed by atoms with Crippen LogP contribution in [-0.2, 0) is 0 Å². The second-order valence-electron chi connectivity index (χ2n) is 2.85. The molecular formula is C10H7BrOS. The molecule has 1 aromatic carbocycles. The SMILES string of the molecule is CC(=O)c1ccc2c(Br)csc2c1. The van der Waals surface area contributed by atoms with Crippen LogP contribution in [0.3, 0.4) is 0 Å². The van der Waals surface area contributed by atoms with Gasteiger partial charge in [0, 0.05) is 25.5 Å². The van der Waals surface area contributed by atoms with E-state index in [1.54, 1.807) is 18.3 Å². The lowest BCUT2D eigenvalue weighted by Crippen LogP contribution is -1.89. The molecule has 0 atom stereocenters. The highest BCUT2D eigenvalue weighted by Crippen LogP contribution is 2.30. The molecule has 13 heavy (non-hydrogen) atoms. The first-order valence-electron chi connectivity index (χ1n) is 3.86. The van der Waals surface area contributed by atoms with Gasteiger partial charge in [-0.25, -0.2) is 0 Å². The Morgan fingerprint density at radius 2 is 2.23 bits per heavy atom. The second-order valence-corrected chi connectivity index (χ2v) is 4.62. The van der Waals surface area contributed by atoms with E-state index >= 15 is 0 Å². The Labute approximate surface area is 88.5 Å². The van der Waals surface area contributed by atoms with Crippen molar-refractivity contribution in [1.29, 1.82) is 0 Å². The fraction of sp³-hybridized carbons (Fsp3) is 0.100. The molecule has 0 bridgehead atoms. The summed E-state index contributed by atoms with van der Waals surface area (Å²) >= 11 is 5.10. The third-order valence-corrected chi connectivity index (χ3v) is 3.84. The minimum atomic E-state index is 0.117. The molecule has 66 valence electrons. The molecule has 0 radical (unpaired) electrons. The number of halogens is 1. The smallest absolute Gasteiger partial charge is 0.159 e. The van der Waals surface area contributed by atoms with Crippen LogP contribution in [0.5, 0.6) is 0 Å². The van der Waals surface area contributed by atoms with Crippen LogP contribution in [0.4, 0.5) is 0 Å². The van der Waals surface area contributed by atoms with Crippen LogP contribution in [0.15, 0.2) is 28.1 Å². The molecule has 2 rings (SSSR count). The molecule has 0 aliphatic heterocycles. The average molecular weight is 255 g/mol. The molecule has 0 saturated carbocycles. The van der Waals surface area contributed by atoms with Crippen molar-refractivity contribution in [2.75, 3.05) is 0 Å². The summed E-state index contributed by atoms with van der Waals surface area (Å²) in [6.45, 7) is 1.59. The molecular weight excluding hydrogens is 248 g/mol. The number of ketones is 1. The highest BCUT2D eigenvalue weighted by atomic mass is 79.9. The number of hydrogen-bond donors (Lipinski definition) is 0. The lowest BCUT2D eigenvalue weighted by atomic mass is 10.1. The standard InChI is InChI=1S/C10H7BrOS/c1-6(12)7-2-3-8-9(11)5-13-10(8)4-7/h2-5H,1H3. The van der Waals surface area contributed by atoms with Gasteiger partial charge < -0.3 is 0 Å². The van der Waals surface area contributed by atoms with Crippen molar-refractivity contribution in [2.24, 2.45) is 0 Å². The van der Waals surface area contributed by atoms with Gasteiger partial charge in [-0.3, -0.25) is 4.79 Å². The van der Waals surface area contributed by atoms with Gasteiger partial charge in [0.2, 0.25) is 0 Å². The second kappa shape index (κ2) is 3.24. The summed E-state index contributed by atoms with van der Waals surface area (Å²) in [4.78, 5) is 11.1. The number of carbonyl (C=O) groups is 1. The van der Waals surface area contributed by atoms with Crippen LogP contribution in [0.25, 0.3) is 10.1 Å². The zero-order valence-electron chi connectivity index (χ0n) is 7.00. The van der Waals surface area contributed by atoms with Crippen LogP contribution in [-0.4, -0.2) is 5.78 Å². The van der Waals surface area contributed by atoms with E-state index in [1.807, 2.05) is 23.6 Å². The van der Waals surface area contributed by atoms with Crippen molar-refractivity contribution in [2.45, 2.75) is 6.92 Å². The number of carbonyl (C=O) groups excluding carboxylic acids is 1. The zero-order valence-corrected chi connectivity index (χ0v) is 9.41. The van der Waals surface area contributed by atoms with E-state index in [9.17, 15) is 4.79 Å². The van der Waals surface area contributed by atoms with Crippen molar-refractivity contribution in [3.8, 4) is 0 Å². The molecule has 0 N–H and O–H groups in total. The topological polar surface area (TPSA) is 17.1 Å². The summed E-state index contributed by atoms with van der Waals surface area (Å²) in [5, 5.41) is 3.21. The Morgan fingerprint density at radius 3 is 2.92 bits per heavy atom. The predicted octanol–water partition coefficient (Wildman–Crippen LogP) is 3.87. The summed E-state index contributed by atoms with van der Waals surface area (Å²) in [6, 6.07) is 5.78. The first-order valence-corrected chi connectivity index (χ1v) is 5.53. The Bertz CT molecular complexity index is 473. The minimum absolute atomic E-state index is 0.117. The zero-order chi connectivity index (χ0) is 9.42. The third kappa shape index (κ3) is 1.54. The molecule has 0 spiro atoms. The van der Waals surface area contributed by atoms with Gasteiger partial charge in [-0.1, -0.05) is 12.1 Å². The van der Waals surface area contributed by atoms with Crippen molar-refractivity contribution >= 4 is 43.1 Å². The van der Waals surface area contributed by atoms with Gasteiger partial charge in [0.25, 0.3) is 0 Å². The van der Waals surface area contributed by atoms with Crippen LogP contribution >= 0.6 is 27.3 Å². The maximum atomic E-state index is 11.1. The van der Waals surface area contributed by atoms with E-state index < -0.39 is 0 Å². The molecule has 0 saturated heterocycles. The predicted molar refractivity (Wildman–Crippen MR) is 59.5 cm³/mol. The quantitative estimate of drug-likeness (QED) is 0.707. The summed E-state index contributed by atoms with van der Waals surface area (Å²) in [6.07, 6.45) is 0. The first-order chi connectivity index (χ1) is 6.18. The van der Waals surface area contributed by atoms with Gasteiger partial charge in [-0.2, -0.15) is 0 Å². The Morgan fingerprint density at radius 1 is 1.46 bits per heavy atom. The maximum Gasteiger partial charge on any atom is 0.159 e. The lowest BCUT2D eigenvalue weighted by Gasteiger charge is -1.95. The van der Waals surface area contributed by atoms with Gasteiger partial charge in [0.15, 0.2) is 5.78 Å². The van der Waals surface area contributed by atoms with E-state index in [4.69, 9.17) is 0 Å². The van der Waals surface area contributed by atoms with Crippen LogP contribution in [0, 0.1) is 0 Å². The molecule has 0 unspecified atom stereocenters. The van der Waals surface area contributed by atoms with Crippen LogP contribution < -0.4 is 0 Å². The van der Waals surface area contributed by atoms with Crippen molar-refractivity contribution < 1.29 is 4.79 Å². The van der Waals surface area contributed by atoms with Crippen molar-refractivity contribution in [1.82, 2.24) is 0 Å². The average Bonchev–Trinajstić information content (AvgIpc) is 2.47. The monoisotopic (exact) mass is 254 g/mol. The summed E-state index contributed by atoms with van der Waals surface area (Å²) in [7, 11) is 0. The minimum Gasteiger partial charge on any atom is -0.295 e. The maximum absolute atomic E-state index is 11.1. The van der Waals surface area contributed by atoms with Crippen LogP contribution in [0.2, 0.25) is 0 Å². The summed E-state index contributed by atoms with van der Waals surface area (Å²) in [5.41, 5.74) is 0.779. The van der Waals surface area contributed by atoms with Gasteiger partial charge in [-0.15, -0.1) is 11.3 Å². The number of Topliss-reactive ketones (excluding diaryl/α,β-unsaturated/α-hetero) is 1. The molecule has 0 amide bonds. The molecule has 3 heteroatoms. The van der Waals surface area contributed by atoms with E-state index in [1.165, 1.54) is 5.39 Å². The van der Waals surface area contributed by atoms with Gasteiger partial charge in [0.05, 0.1) is 0 Å². The summed E-state index contributed by atoms with van der Waals surface area (Å²) < 4.78 is 2.25. The lowest BCUT2D eigenvalue weighted by molar-refractivity contribution is 0.101. The van der Waals surface area contributed by atoms with Gasteiger partial charge in [0.1, 0.15) is 0 Å². The normalized spacial score (nSPS) is 10.6. The van der Waals surface area contributed by atoms with E-state index in [0.29, 0.717) is 0 Å². The van der Waals surface area contributed by atoms with Crippen LogP contribution in [0.1, 0.15) is 17.3 Å². The number of rotatable bonds is 1. The Hall–Kier alpha value is -0.670. The number of thiophene rings is 1. The highest BCUT2D eigenvalue weighted by Gasteiger charge is 2.04. The molecule has 0 fully saturated rings. The van der Waals surface area contributed by atoms with Crippen molar-refractivity contribution in [3.05, 3.63) is 33.6 Å². The summed E-state index contributed by atoms with van der Waals surface area (Å²) in [5.74, 6) is 0.117. The van der Waals surface area contributed by atoms with E-state index in [-0.39, 0.29) is 5.78 Å². The van der Waals surface area contributed by atoms with Crippen molar-refractivity contribution in [3.63, 3.8) is 0 Å². The molecule has 0 aliphatic rings. The fourth-order valence-electron chi connectivity index (χ4n) is 1.21. The number of hydrogen-bond acceptors (Lipinski definition) is 2.